The summed E-state index contributed by atoms with van der Waals surface area (Å²) in [6.45, 7) is 0.000296. The molecule has 6 nitrogen and oxygen atoms in total. The van der Waals surface area contributed by atoms with Crippen LogP contribution in [0.25, 0.3) is 10.9 Å². The number of nitrogens with one attached hydrogen (secondary N) is 1. The van der Waals surface area contributed by atoms with Crippen molar-refractivity contribution >= 4 is 22.5 Å². The molecule has 2 aromatic carbocycles. The lowest BCUT2D eigenvalue weighted by molar-refractivity contribution is -0.116. The number of benzene rings is 2. The van der Waals surface area contributed by atoms with Crippen molar-refractivity contribution in [2.24, 2.45) is 0 Å². The summed E-state index contributed by atoms with van der Waals surface area (Å²) in [5.74, 6) is -2.08. The Morgan fingerprint density at radius 2 is 1.83 bits per heavy atom. The first-order valence-corrected chi connectivity index (χ1v) is 7.11. The maximum Gasteiger partial charge on any atom is 0.277 e. The molecule has 0 radical (unpaired) electrons. The molecular weight excluding hydrogens is 318 g/mol. The van der Waals surface area contributed by atoms with Gasteiger partial charge in [0.25, 0.3) is 5.56 Å². The highest BCUT2D eigenvalue weighted by molar-refractivity contribution is 5.90. The number of amides is 1. The molecule has 8 heteroatoms. The van der Waals surface area contributed by atoms with Gasteiger partial charge in [-0.2, -0.15) is 0 Å². The summed E-state index contributed by atoms with van der Waals surface area (Å²) >= 11 is 0. The van der Waals surface area contributed by atoms with Gasteiger partial charge in [-0.3, -0.25) is 9.59 Å². The van der Waals surface area contributed by atoms with Crippen molar-refractivity contribution in [3.05, 3.63) is 64.5 Å². The Labute approximate surface area is 134 Å². The minimum Gasteiger partial charge on any atom is -0.326 e. The Morgan fingerprint density at radius 3 is 2.58 bits per heavy atom. The molecular formula is C16H12F2N4O2. The van der Waals surface area contributed by atoms with Crippen molar-refractivity contribution in [1.29, 1.82) is 0 Å². The molecule has 0 saturated heterocycles. The predicted molar refractivity (Wildman–Crippen MR) is 83.4 cm³/mol. The fourth-order valence-electron chi connectivity index (χ4n) is 2.23. The summed E-state index contributed by atoms with van der Waals surface area (Å²) in [5.41, 5.74) is 0.123. The molecule has 1 N–H and O–H groups in total. The highest BCUT2D eigenvalue weighted by Crippen LogP contribution is 2.13. The van der Waals surface area contributed by atoms with E-state index in [9.17, 15) is 18.4 Å². The number of fused-ring (bicyclic) bond motifs is 1. The van der Waals surface area contributed by atoms with Gasteiger partial charge in [-0.05, 0) is 24.3 Å². The summed E-state index contributed by atoms with van der Waals surface area (Å²) < 4.78 is 27.2. The third-order valence-corrected chi connectivity index (χ3v) is 3.33. The SMILES string of the molecule is O=C(CCn1nnc2ccccc2c1=O)Nc1cc(F)cc(F)c1. The lowest BCUT2D eigenvalue weighted by Gasteiger charge is -2.07. The minimum absolute atomic E-state index is 0.000296. The van der Waals surface area contributed by atoms with Crippen molar-refractivity contribution in [3.63, 3.8) is 0 Å². The van der Waals surface area contributed by atoms with Crippen molar-refractivity contribution in [3.8, 4) is 0 Å². The molecule has 1 aromatic heterocycles. The van der Waals surface area contributed by atoms with Crippen molar-refractivity contribution in [2.75, 3.05) is 5.32 Å². The van der Waals surface area contributed by atoms with Crippen LogP contribution >= 0.6 is 0 Å². The van der Waals surface area contributed by atoms with Crippen molar-refractivity contribution in [1.82, 2.24) is 15.0 Å². The second-order valence-corrected chi connectivity index (χ2v) is 5.09. The smallest absolute Gasteiger partial charge is 0.277 e. The van der Waals surface area contributed by atoms with Crippen LogP contribution in [0.1, 0.15) is 6.42 Å². The zero-order chi connectivity index (χ0) is 17.1. The summed E-state index contributed by atoms with van der Waals surface area (Å²) in [5, 5.41) is 10.4. The van der Waals surface area contributed by atoms with Crippen LogP contribution in [0.3, 0.4) is 0 Å². The average Bonchev–Trinajstić information content (AvgIpc) is 2.53. The van der Waals surface area contributed by atoms with Gasteiger partial charge in [-0.1, -0.05) is 17.3 Å². The van der Waals surface area contributed by atoms with Crippen LogP contribution in [0.2, 0.25) is 0 Å². The zero-order valence-corrected chi connectivity index (χ0v) is 12.4. The quantitative estimate of drug-likeness (QED) is 0.795. The molecule has 0 aliphatic rings. The van der Waals surface area contributed by atoms with E-state index in [1.807, 2.05) is 0 Å². The maximum atomic E-state index is 13.1. The molecule has 24 heavy (non-hydrogen) atoms. The molecule has 3 rings (SSSR count). The first-order chi connectivity index (χ1) is 11.5. The molecule has 0 saturated carbocycles. The molecule has 1 amide bonds. The normalized spacial score (nSPS) is 10.8. The van der Waals surface area contributed by atoms with Gasteiger partial charge < -0.3 is 5.32 Å². The largest absolute Gasteiger partial charge is 0.326 e. The maximum absolute atomic E-state index is 13.1. The van der Waals surface area contributed by atoms with Gasteiger partial charge in [-0.25, -0.2) is 13.5 Å². The van der Waals surface area contributed by atoms with Gasteiger partial charge >= 0.3 is 0 Å². The standard InChI is InChI=1S/C16H12F2N4O2/c17-10-7-11(18)9-12(8-10)19-15(23)5-6-22-16(24)13-3-1-2-4-14(13)20-21-22/h1-4,7-9H,5-6H2,(H,19,23). The molecule has 0 aliphatic heterocycles. The minimum atomic E-state index is -0.790. The number of hydrogen-bond donors (Lipinski definition) is 1. The molecule has 0 aliphatic carbocycles. The van der Waals surface area contributed by atoms with Gasteiger partial charge in [0.15, 0.2) is 0 Å². The van der Waals surface area contributed by atoms with E-state index in [1.54, 1.807) is 24.3 Å². The van der Waals surface area contributed by atoms with E-state index in [2.05, 4.69) is 15.6 Å². The van der Waals surface area contributed by atoms with Gasteiger partial charge in [0, 0.05) is 18.2 Å². The Morgan fingerprint density at radius 1 is 1.12 bits per heavy atom. The Hall–Kier alpha value is -3.16. The lowest BCUT2D eigenvalue weighted by Crippen LogP contribution is -2.26. The number of hydrogen-bond acceptors (Lipinski definition) is 4. The molecule has 0 spiro atoms. The molecule has 0 atom stereocenters. The number of rotatable bonds is 4. The number of aromatic nitrogens is 3. The summed E-state index contributed by atoms with van der Waals surface area (Å²) in [6, 6.07) is 9.46. The summed E-state index contributed by atoms with van der Waals surface area (Å²) in [7, 11) is 0. The van der Waals surface area contributed by atoms with Gasteiger partial charge in [0.05, 0.1) is 11.9 Å². The van der Waals surface area contributed by atoms with Crippen LogP contribution in [-0.2, 0) is 11.3 Å². The molecule has 122 valence electrons. The number of aryl methyl sites for hydroxylation is 1. The van der Waals surface area contributed by atoms with Gasteiger partial charge in [0.2, 0.25) is 5.91 Å². The fraction of sp³-hybridized carbons (Fsp3) is 0.125. The van der Waals surface area contributed by atoms with Crippen molar-refractivity contribution < 1.29 is 13.6 Å². The fourth-order valence-corrected chi connectivity index (χ4v) is 2.23. The molecule has 0 unspecified atom stereocenters. The Bertz CT molecular complexity index is 951. The van der Waals surface area contributed by atoms with E-state index in [0.717, 1.165) is 16.8 Å². The predicted octanol–water partition coefficient (Wildman–Crippen LogP) is 2.10. The van der Waals surface area contributed by atoms with E-state index in [0.29, 0.717) is 17.0 Å². The highest BCUT2D eigenvalue weighted by atomic mass is 19.1. The first kappa shape index (κ1) is 15.7. The van der Waals surface area contributed by atoms with Crippen LogP contribution in [0.4, 0.5) is 14.5 Å². The van der Waals surface area contributed by atoms with E-state index >= 15 is 0 Å². The second-order valence-electron chi connectivity index (χ2n) is 5.09. The van der Waals surface area contributed by atoms with Crippen LogP contribution in [-0.4, -0.2) is 20.9 Å². The average molecular weight is 330 g/mol. The van der Waals surface area contributed by atoms with E-state index in [1.165, 1.54) is 0 Å². The number of carbonyl (C=O) groups excluding carboxylic acids is 1. The first-order valence-electron chi connectivity index (χ1n) is 7.11. The third-order valence-electron chi connectivity index (χ3n) is 3.33. The number of anilines is 1. The summed E-state index contributed by atoms with van der Waals surface area (Å²) in [6.07, 6.45) is -0.0922. The monoisotopic (exact) mass is 330 g/mol. The third kappa shape index (κ3) is 3.43. The molecule has 1 heterocycles. The molecule has 0 bridgehead atoms. The Balaban J connectivity index is 1.70. The van der Waals surface area contributed by atoms with Crippen LogP contribution in [0, 0.1) is 11.6 Å². The number of nitrogens with zero attached hydrogens (tertiary/aromatic N) is 3. The zero-order valence-electron chi connectivity index (χ0n) is 12.4. The molecule has 3 aromatic rings. The van der Waals surface area contributed by atoms with E-state index in [4.69, 9.17) is 0 Å². The second kappa shape index (κ2) is 6.53. The van der Waals surface area contributed by atoms with Gasteiger partial charge in [-0.15, -0.1) is 5.10 Å². The van der Waals surface area contributed by atoms with Crippen LogP contribution < -0.4 is 10.9 Å². The number of carbonyl (C=O) groups is 1. The topological polar surface area (TPSA) is 76.9 Å². The number of halogens is 2. The Kier molecular flexibility index (Phi) is 4.28. The van der Waals surface area contributed by atoms with E-state index < -0.39 is 17.5 Å². The summed E-state index contributed by atoms with van der Waals surface area (Å²) in [4.78, 5) is 24.1. The van der Waals surface area contributed by atoms with Gasteiger partial charge in [0.1, 0.15) is 17.2 Å². The van der Waals surface area contributed by atoms with Crippen LogP contribution in [0.5, 0.6) is 0 Å². The lowest BCUT2D eigenvalue weighted by atomic mass is 10.2. The molecule has 0 fully saturated rings. The van der Waals surface area contributed by atoms with Crippen LogP contribution in [0.15, 0.2) is 47.3 Å². The highest BCUT2D eigenvalue weighted by Gasteiger charge is 2.09. The van der Waals surface area contributed by atoms with E-state index in [-0.39, 0.29) is 24.2 Å². The van der Waals surface area contributed by atoms with Crippen molar-refractivity contribution in [2.45, 2.75) is 13.0 Å².